The maximum atomic E-state index is 12.7. The first-order valence-electron chi connectivity index (χ1n) is 8.82. The van der Waals surface area contributed by atoms with E-state index in [9.17, 15) is 13.2 Å². The van der Waals surface area contributed by atoms with E-state index in [4.69, 9.17) is 14.3 Å². The molecular formula is C20H17N3O5S2. The smallest absolute Gasteiger partial charge is 0.340 e. The Kier molecular flexibility index (Phi) is 5.29. The van der Waals surface area contributed by atoms with Crippen molar-refractivity contribution in [2.24, 2.45) is 5.14 Å². The molecule has 0 unspecified atom stereocenters. The Labute approximate surface area is 176 Å². The van der Waals surface area contributed by atoms with Gasteiger partial charge in [-0.05, 0) is 42.3 Å². The van der Waals surface area contributed by atoms with E-state index in [2.05, 4.69) is 9.71 Å². The zero-order valence-corrected chi connectivity index (χ0v) is 17.4. The second-order valence-corrected chi connectivity index (χ2v) is 8.73. The highest BCUT2D eigenvalue weighted by Crippen LogP contribution is 2.29. The lowest BCUT2D eigenvalue weighted by atomic mass is 9.99. The van der Waals surface area contributed by atoms with Crippen LogP contribution in [0.15, 0.2) is 63.3 Å². The predicted molar refractivity (Wildman–Crippen MR) is 115 cm³/mol. The first-order valence-corrected chi connectivity index (χ1v) is 11.2. The minimum absolute atomic E-state index is 0.279. The van der Waals surface area contributed by atoms with E-state index in [1.54, 1.807) is 48.0 Å². The number of hydrogen-bond acceptors (Lipinski definition) is 7. The van der Waals surface area contributed by atoms with Gasteiger partial charge in [0.25, 0.3) is 15.4 Å². The van der Waals surface area contributed by atoms with Gasteiger partial charge in [-0.15, -0.1) is 0 Å². The highest BCUT2D eigenvalue weighted by Gasteiger charge is 2.14. The van der Waals surface area contributed by atoms with Crippen molar-refractivity contribution in [1.82, 2.24) is 4.98 Å². The number of anilines is 1. The van der Waals surface area contributed by atoms with Crippen LogP contribution in [0.5, 0.6) is 10.9 Å². The molecule has 154 valence electrons. The number of thiazole rings is 1. The van der Waals surface area contributed by atoms with E-state index >= 15 is 0 Å². The van der Waals surface area contributed by atoms with E-state index in [-0.39, 0.29) is 6.42 Å². The number of benzene rings is 2. The Morgan fingerprint density at radius 3 is 2.80 bits per heavy atom. The summed E-state index contributed by atoms with van der Waals surface area (Å²) in [7, 11) is -3.88. The summed E-state index contributed by atoms with van der Waals surface area (Å²) in [5, 5.41) is 8.11. The van der Waals surface area contributed by atoms with Crippen molar-refractivity contribution in [3.05, 3.63) is 81.2 Å². The van der Waals surface area contributed by atoms with Crippen molar-refractivity contribution in [3.63, 3.8) is 0 Å². The Morgan fingerprint density at radius 1 is 1.23 bits per heavy atom. The average Bonchev–Trinajstić information content (AvgIpc) is 3.17. The van der Waals surface area contributed by atoms with Gasteiger partial charge in [-0.25, -0.2) is 14.9 Å². The van der Waals surface area contributed by atoms with Gasteiger partial charge in [0, 0.05) is 35.0 Å². The molecular weight excluding hydrogens is 426 g/mol. The summed E-state index contributed by atoms with van der Waals surface area (Å²) >= 11 is 1.36. The quantitative estimate of drug-likeness (QED) is 0.439. The normalized spacial score (nSPS) is 11.5. The molecule has 0 saturated carbocycles. The molecule has 0 amide bonds. The molecule has 0 aliphatic rings. The predicted octanol–water partition coefficient (Wildman–Crippen LogP) is 3.56. The lowest BCUT2D eigenvalue weighted by Gasteiger charge is -2.10. The average molecular weight is 444 g/mol. The van der Waals surface area contributed by atoms with E-state index < -0.39 is 15.8 Å². The molecule has 3 N–H and O–H groups in total. The van der Waals surface area contributed by atoms with E-state index in [0.29, 0.717) is 27.8 Å². The zero-order valence-electron chi connectivity index (χ0n) is 15.8. The highest BCUT2D eigenvalue weighted by atomic mass is 32.2. The SMILES string of the molecule is Cc1c(Cc2cccc(NS(N)(=O)=O)c2)c(=O)oc2cc(Oc3nccs3)ccc12. The first kappa shape index (κ1) is 20.1. The molecule has 0 aliphatic carbocycles. The fourth-order valence-corrected chi connectivity index (χ4v) is 4.08. The lowest BCUT2D eigenvalue weighted by Crippen LogP contribution is -2.21. The van der Waals surface area contributed by atoms with Gasteiger partial charge in [0.15, 0.2) is 0 Å². The van der Waals surface area contributed by atoms with Crippen molar-refractivity contribution in [2.45, 2.75) is 13.3 Å². The molecule has 0 saturated heterocycles. The van der Waals surface area contributed by atoms with Crippen LogP contribution in [0.4, 0.5) is 5.69 Å². The summed E-state index contributed by atoms with van der Waals surface area (Å²) < 4.78 is 35.9. The number of aryl methyl sites for hydroxylation is 1. The van der Waals surface area contributed by atoms with Gasteiger partial charge < -0.3 is 9.15 Å². The molecule has 0 spiro atoms. The third-order valence-corrected chi connectivity index (χ3v) is 5.61. The summed E-state index contributed by atoms with van der Waals surface area (Å²) in [5.74, 6) is 0.523. The number of aromatic nitrogens is 1. The van der Waals surface area contributed by atoms with Crippen LogP contribution < -0.4 is 20.2 Å². The van der Waals surface area contributed by atoms with E-state index in [1.165, 1.54) is 11.3 Å². The third kappa shape index (κ3) is 4.51. The number of fused-ring (bicyclic) bond motifs is 1. The second kappa shape index (κ2) is 7.90. The van der Waals surface area contributed by atoms with Crippen LogP contribution in [0.3, 0.4) is 0 Å². The summed E-state index contributed by atoms with van der Waals surface area (Å²) in [5.41, 5.74) is 2.29. The molecule has 0 aliphatic heterocycles. The molecule has 10 heteroatoms. The minimum atomic E-state index is -3.88. The van der Waals surface area contributed by atoms with Gasteiger partial charge in [-0.2, -0.15) is 8.42 Å². The summed E-state index contributed by atoms with van der Waals surface area (Å²) in [4.78, 5) is 16.7. The largest absolute Gasteiger partial charge is 0.431 e. The molecule has 0 radical (unpaired) electrons. The van der Waals surface area contributed by atoms with Gasteiger partial charge >= 0.3 is 5.63 Å². The fraction of sp³-hybridized carbons (Fsp3) is 0.100. The van der Waals surface area contributed by atoms with Crippen LogP contribution >= 0.6 is 11.3 Å². The Balaban J connectivity index is 1.67. The fourth-order valence-electron chi connectivity index (χ4n) is 3.12. The number of hydrogen-bond donors (Lipinski definition) is 2. The maximum absolute atomic E-state index is 12.7. The van der Waals surface area contributed by atoms with Crippen molar-refractivity contribution in [2.75, 3.05) is 4.72 Å². The minimum Gasteiger partial charge on any atom is -0.431 e. The van der Waals surface area contributed by atoms with E-state index in [1.807, 2.05) is 13.0 Å². The standard InChI is InChI=1S/C20H17N3O5S2/c1-12-16-6-5-15(27-20-22-7-8-29-20)11-18(16)28-19(24)17(12)10-13-3-2-4-14(9-13)23-30(21,25)26/h2-9,11,23H,10H2,1H3,(H2,21,25,26). The summed E-state index contributed by atoms with van der Waals surface area (Å²) in [6, 6.07) is 12.0. The molecule has 2 aromatic carbocycles. The maximum Gasteiger partial charge on any atom is 0.340 e. The van der Waals surface area contributed by atoms with Gasteiger partial charge in [0.2, 0.25) is 0 Å². The lowest BCUT2D eigenvalue weighted by molar-refractivity contribution is 0.476. The van der Waals surface area contributed by atoms with Crippen molar-refractivity contribution < 1.29 is 17.6 Å². The van der Waals surface area contributed by atoms with Gasteiger partial charge in [0.1, 0.15) is 11.3 Å². The number of nitrogens with zero attached hydrogens (tertiary/aromatic N) is 1. The Morgan fingerprint density at radius 2 is 2.07 bits per heavy atom. The van der Waals surface area contributed by atoms with Crippen LogP contribution in [0.2, 0.25) is 0 Å². The third-order valence-electron chi connectivity index (χ3n) is 4.44. The monoisotopic (exact) mass is 443 g/mol. The van der Waals surface area contributed by atoms with Gasteiger partial charge in [0.05, 0.1) is 5.69 Å². The molecule has 2 heterocycles. The Hall–Kier alpha value is -3.21. The number of rotatable bonds is 6. The number of ether oxygens (including phenoxy) is 1. The second-order valence-electron chi connectivity index (χ2n) is 6.58. The van der Waals surface area contributed by atoms with E-state index in [0.717, 1.165) is 16.5 Å². The van der Waals surface area contributed by atoms with Crippen molar-refractivity contribution >= 4 is 38.2 Å². The number of nitrogens with two attached hydrogens (primary N) is 1. The van der Waals surface area contributed by atoms with Crippen LogP contribution in [0.25, 0.3) is 11.0 Å². The number of nitrogens with one attached hydrogen (secondary N) is 1. The molecule has 8 nitrogen and oxygen atoms in total. The Bertz CT molecular complexity index is 1380. The molecule has 0 fully saturated rings. The molecule has 4 aromatic rings. The van der Waals surface area contributed by atoms with Crippen LogP contribution in [0.1, 0.15) is 16.7 Å². The van der Waals surface area contributed by atoms with Gasteiger partial charge in [-0.3, -0.25) is 4.72 Å². The van der Waals surface area contributed by atoms with Crippen LogP contribution in [0, 0.1) is 6.92 Å². The topological polar surface area (TPSA) is 125 Å². The van der Waals surface area contributed by atoms with Crippen molar-refractivity contribution in [1.29, 1.82) is 0 Å². The first-order chi connectivity index (χ1) is 14.3. The van der Waals surface area contributed by atoms with Crippen molar-refractivity contribution in [3.8, 4) is 10.9 Å². The molecule has 2 aromatic heterocycles. The summed E-state index contributed by atoms with van der Waals surface area (Å²) in [6.07, 6.45) is 1.92. The van der Waals surface area contributed by atoms with Gasteiger partial charge in [-0.1, -0.05) is 23.5 Å². The highest BCUT2D eigenvalue weighted by molar-refractivity contribution is 7.90. The zero-order chi connectivity index (χ0) is 21.3. The van der Waals surface area contributed by atoms with Crippen LogP contribution in [-0.4, -0.2) is 13.4 Å². The molecule has 0 bridgehead atoms. The molecule has 0 atom stereocenters. The molecule has 4 rings (SSSR count). The summed E-state index contributed by atoms with van der Waals surface area (Å²) in [6.45, 7) is 1.85. The molecule has 30 heavy (non-hydrogen) atoms. The van der Waals surface area contributed by atoms with Crippen LogP contribution in [-0.2, 0) is 16.6 Å².